The molecule has 2 heterocycles. The average Bonchev–Trinajstić information content (AvgIpc) is 3.12. The molecule has 0 aliphatic heterocycles. The fourth-order valence-corrected chi connectivity index (χ4v) is 4.51. The van der Waals surface area contributed by atoms with E-state index in [4.69, 9.17) is 4.98 Å². The number of halogens is 1. The average molecular weight is 421 g/mol. The highest BCUT2D eigenvalue weighted by molar-refractivity contribution is 7.15. The summed E-state index contributed by atoms with van der Waals surface area (Å²) in [6, 6.07) is 16.8. The van der Waals surface area contributed by atoms with Crippen LogP contribution >= 0.6 is 11.3 Å². The SMILES string of the molecule is CC(C)(C)c1nc(NNCc2ccc(F)cc2)sc1Cc1cnc2ccccc2c1. The molecule has 4 nitrogen and oxygen atoms in total. The van der Waals surface area contributed by atoms with Crippen LogP contribution in [0, 0.1) is 5.82 Å². The predicted octanol–water partition coefficient (Wildman–Crippen LogP) is 5.84. The van der Waals surface area contributed by atoms with Gasteiger partial charge in [-0.2, -0.15) is 0 Å². The number of hydrogen-bond acceptors (Lipinski definition) is 5. The lowest BCUT2D eigenvalue weighted by Gasteiger charge is -2.17. The van der Waals surface area contributed by atoms with Crippen molar-refractivity contribution >= 4 is 27.4 Å². The van der Waals surface area contributed by atoms with Gasteiger partial charge in [-0.25, -0.2) is 14.8 Å². The van der Waals surface area contributed by atoms with Crippen LogP contribution in [0.1, 0.15) is 42.5 Å². The molecule has 0 saturated heterocycles. The molecule has 0 aliphatic rings. The molecule has 0 bridgehead atoms. The van der Waals surface area contributed by atoms with Crippen molar-refractivity contribution in [2.45, 2.75) is 39.2 Å². The fraction of sp³-hybridized carbons (Fsp3) is 0.250. The molecule has 2 N–H and O–H groups in total. The van der Waals surface area contributed by atoms with Gasteiger partial charge in [0.2, 0.25) is 0 Å². The highest BCUT2D eigenvalue weighted by atomic mass is 32.1. The van der Waals surface area contributed by atoms with Crippen LogP contribution in [0.4, 0.5) is 9.52 Å². The van der Waals surface area contributed by atoms with E-state index < -0.39 is 0 Å². The van der Waals surface area contributed by atoms with E-state index in [2.05, 4.69) is 48.7 Å². The maximum absolute atomic E-state index is 13.0. The van der Waals surface area contributed by atoms with Crippen LogP contribution in [0.25, 0.3) is 10.9 Å². The minimum absolute atomic E-state index is 0.0625. The number of fused-ring (bicyclic) bond motifs is 1. The number of hydrazine groups is 1. The second-order valence-corrected chi connectivity index (χ2v) is 9.44. The number of thiazole rings is 1. The summed E-state index contributed by atoms with van der Waals surface area (Å²) in [5.74, 6) is -0.228. The maximum Gasteiger partial charge on any atom is 0.197 e. The lowest BCUT2D eigenvalue weighted by Crippen LogP contribution is -2.21. The van der Waals surface area contributed by atoms with E-state index in [-0.39, 0.29) is 11.2 Å². The quantitative estimate of drug-likeness (QED) is 0.385. The lowest BCUT2D eigenvalue weighted by atomic mass is 9.90. The molecule has 2 aromatic heterocycles. The largest absolute Gasteiger partial charge is 0.297 e. The number of nitrogens with one attached hydrogen (secondary N) is 2. The zero-order valence-corrected chi connectivity index (χ0v) is 18.2. The molecule has 4 aromatic rings. The van der Waals surface area contributed by atoms with E-state index in [9.17, 15) is 4.39 Å². The van der Waals surface area contributed by atoms with Gasteiger partial charge in [-0.05, 0) is 35.4 Å². The Morgan fingerprint density at radius 3 is 2.53 bits per heavy atom. The predicted molar refractivity (Wildman–Crippen MR) is 122 cm³/mol. The monoisotopic (exact) mass is 420 g/mol. The van der Waals surface area contributed by atoms with Crippen LogP contribution in [0.3, 0.4) is 0 Å². The van der Waals surface area contributed by atoms with Gasteiger partial charge in [-0.15, -0.1) is 11.3 Å². The topological polar surface area (TPSA) is 49.8 Å². The second-order valence-electron chi connectivity index (χ2n) is 8.36. The molecule has 154 valence electrons. The molecule has 0 aliphatic carbocycles. The summed E-state index contributed by atoms with van der Waals surface area (Å²) in [4.78, 5) is 10.7. The number of nitrogens with zero attached hydrogens (tertiary/aromatic N) is 2. The number of anilines is 1. The van der Waals surface area contributed by atoms with Crippen LogP contribution in [0.5, 0.6) is 0 Å². The van der Waals surface area contributed by atoms with Gasteiger partial charge in [0, 0.05) is 34.8 Å². The van der Waals surface area contributed by atoms with Crippen molar-refractivity contribution in [1.29, 1.82) is 0 Å². The highest BCUT2D eigenvalue weighted by Gasteiger charge is 2.23. The van der Waals surface area contributed by atoms with Crippen LogP contribution < -0.4 is 10.9 Å². The lowest BCUT2D eigenvalue weighted by molar-refractivity contribution is 0.567. The summed E-state index contributed by atoms with van der Waals surface area (Å²) >= 11 is 1.65. The van der Waals surface area contributed by atoms with Gasteiger partial charge in [-0.3, -0.25) is 10.4 Å². The Bertz CT molecular complexity index is 1150. The summed E-state index contributed by atoms with van der Waals surface area (Å²) < 4.78 is 13.0. The molecule has 2 aromatic carbocycles. The number of para-hydroxylation sites is 1. The summed E-state index contributed by atoms with van der Waals surface area (Å²) in [6.07, 6.45) is 2.75. The molecule has 0 radical (unpaired) electrons. The molecule has 0 spiro atoms. The summed E-state index contributed by atoms with van der Waals surface area (Å²) in [5.41, 5.74) is 10.6. The van der Waals surface area contributed by atoms with E-state index >= 15 is 0 Å². The number of benzene rings is 2. The van der Waals surface area contributed by atoms with E-state index in [0.29, 0.717) is 6.54 Å². The Morgan fingerprint density at radius 1 is 1.00 bits per heavy atom. The minimum Gasteiger partial charge on any atom is -0.297 e. The van der Waals surface area contributed by atoms with Crippen molar-refractivity contribution < 1.29 is 4.39 Å². The Balaban J connectivity index is 1.51. The first-order chi connectivity index (χ1) is 14.4. The van der Waals surface area contributed by atoms with Crippen molar-refractivity contribution in [3.8, 4) is 0 Å². The number of aromatic nitrogens is 2. The molecule has 6 heteroatoms. The van der Waals surface area contributed by atoms with Gasteiger partial charge in [-0.1, -0.05) is 51.1 Å². The van der Waals surface area contributed by atoms with Gasteiger partial charge in [0.1, 0.15) is 5.82 Å². The summed E-state index contributed by atoms with van der Waals surface area (Å²) in [7, 11) is 0. The molecule has 0 amide bonds. The van der Waals surface area contributed by atoms with Gasteiger partial charge in [0.05, 0.1) is 11.2 Å². The first-order valence-corrected chi connectivity index (χ1v) is 10.8. The van der Waals surface area contributed by atoms with E-state index in [1.54, 1.807) is 23.5 Å². The van der Waals surface area contributed by atoms with Crippen molar-refractivity contribution in [2.24, 2.45) is 0 Å². The molecule has 0 atom stereocenters. The zero-order valence-electron chi connectivity index (χ0n) is 17.4. The van der Waals surface area contributed by atoms with E-state index in [1.807, 2.05) is 24.4 Å². The number of pyridine rings is 1. The van der Waals surface area contributed by atoms with Gasteiger partial charge >= 0.3 is 0 Å². The Labute approximate surface area is 180 Å². The van der Waals surface area contributed by atoms with E-state index in [1.165, 1.54) is 22.6 Å². The summed E-state index contributed by atoms with van der Waals surface area (Å²) in [6.45, 7) is 7.12. The highest BCUT2D eigenvalue weighted by Crippen LogP contribution is 2.33. The molecular weight excluding hydrogens is 395 g/mol. The fourth-order valence-electron chi connectivity index (χ4n) is 3.33. The molecule has 30 heavy (non-hydrogen) atoms. The van der Waals surface area contributed by atoms with Crippen molar-refractivity contribution in [3.05, 3.63) is 88.3 Å². The number of hydrogen-bond donors (Lipinski definition) is 2. The van der Waals surface area contributed by atoms with Crippen LogP contribution in [-0.4, -0.2) is 9.97 Å². The van der Waals surface area contributed by atoms with Gasteiger partial charge in [0.15, 0.2) is 5.13 Å². The van der Waals surface area contributed by atoms with E-state index in [0.717, 1.165) is 33.7 Å². The van der Waals surface area contributed by atoms with Gasteiger partial charge < -0.3 is 0 Å². The first-order valence-electron chi connectivity index (χ1n) is 9.96. The molecule has 0 unspecified atom stereocenters. The third kappa shape index (κ3) is 4.83. The Morgan fingerprint density at radius 2 is 1.77 bits per heavy atom. The van der Waals surface area contributed by atoms with Crippen molar-refractivity contribution in [2.75, 3.05) is 5.43 Å². The van der Waals surface area contributed by atoms with Gasteiger partial charge in [0.25, 0.3) is 0 Å². The van der Waals surface area contributed by atoms with Crippen LogP contribution in [0.2, 0.25) is 0 Å². The normalized spacial score (nSPS) is 11.7. The summed E-state index contributed by atoms with van der Waals surface area (Å²) in [5, 5.41) is 1.97. The Hall–Kier alpha value is -2.83. The molecular formula is C24H25FN4S. The minimum atomic E-state index is -0.228. The van der Waals surface area contributed by atoms with Crippen LogP contribution in [0.15, 0.2) is 60.8 Å². The van der Waals surface area contributed by atoms with Crippen molar-refractivity contribution in [1.82, 2.24) is 15.4 Å². The molecule has 0 fully saturated rings. The molecule has 4 rings (SSSR count). The second kappa shape index (κ2) is 8.50. The van der Waals surface area contributed by atoms with Crippen molar-refractivity contribution in [3.63, 3.8) is 0 Å². The smallest absolute Gasteiger partial charge is 0.197 e. The third-order valence-electron chi connectivity index (χ3n) is 4.82. The maximum atomic E-state index is 13.0. The van der Waals surface area contributed by atoms with Crippen LogP contribution in [-0.2, 0) is 18.4 Å². The standard InChI is InChI=1S/C24H25FN4S/c1-24(2,3)22-21(13-17-12-18-6-4-5-7-20(18)26-14-17)30-23(28-22)29-27-15-16-8-10-19(25)11-9-16/h4-12,14,27H,13,15H2,1-3H3,(H,28,29). The molecule has 0 saturated carbocycles. The third-order valence-corrected chi connectivity index (χ3v) is 5.79. The zero-order chi connectivity index (χ0) is 21.1. The number of rotatable bonds is 6. The Kier molecular flexibility index (Phi) is 5.79. The first kappa shape index (κ1) is 20.4.